The Labute approximate surface area is 185 Å². The highest BCUT2D eigenvalue weighted by Crippen LogP contribution is 2.39. The summed E-state index contributed by atoms with van der Waals surface area (Å²) < 4.78 is 40.7. The van der Waals surface area contributed by atoms with Gasteiger partial charge in [0.15, 0.2) is 17.5 Å². The molecular weight excluding hydrogens is 422 g/mol. The van der Waals surface area contributed by atoms with Crippen molar-refractivity contribution < 1.29 is 27.8 Å². The molecule has 1 heterocycles. The molecule has 0 atom stereocenters. The number of nitrogens with one attached hydrogen (secondary N) is 3. The molecule has 3 N–H and O–H groups in total. The zero-order valence-corrected chi connectivity index (χ0v) is 17.7. The summed E-state index contributed by atoms with van der Waals surface area (Å²) in [6.07, 6.45) is 0.251. The fourth-order valence-electron chi connectivity index (χ4n) is 2.98. The number of amides is 1. The Morgan fingerprint density at radius 3 is 2.59 bits per heavy atom. The van der Waals surface area contributed by atoms with Gasteiger partial charge in [-0.25, -0.2) is 4.99 Å². The first-order valence-corrected chi connectivity index (χ1v) is 10.2. The summed E-state index contributed by atoms with van der Waals surface area (Å²) in [6.45, 7) is 0.419. The fraction of sp³-hybridized carbons (Fsp3) is 0.364. The summed E-state index contributed by atoms with van der Waals surface area (Å²) in [4.78, 5) is 16.5. The van der Waals surface area contributed by atoms with E-state index in [0.717, 1.165) is 5.56 Å². The molecule has 0 unspecified atom stereocenters. The average Bonchev–Trinajstić information content (AvgIpc) is 3.23. The van der Waals surface area contributed by atoms with Crippen LogP contribution in [0.4, 0.5) is 8.78 Å². The first-order chi connectivity index (χ1) is 15.5. The van der Waals surface area contributed by atoms with Gasteiger partial charge in [-0.15, -0.1) is 0 Å². The van der Waals surface area contributed by atoms with Gasteiger partial charge in [0.05, 0.1) is 6.54 Å². The van der Waals surface area contributed by atoms with Gasteiger partial charge in [-0.05, 0) is 18.6 Å². The molecule has 0 saturated carbocycles. The quantitative estimate of drug-likeness (QED) is 0.382. The van der Waals surface area contributed by atoms with Gasteiger partial charge in [0.1, 0.15) is 5.75 Å². The van der Waals surface area contributed by atoms with Crippen molar-refractivity contribution >= 4 is 11.9 Å². The Kier molecular flexibility index (Phi) is 8.47. The number of carbonyl (C=O) groups excluding carboxylic acids is 1. The van der Waals surface area contributed by atoms with Crippen molar-refractivity contribution in [1.82, 2.24) is 16.0 Å². The lowest BCUT2D eigenvalue weighted by atomic mass is 10.1. The summed E-state index contributed by atoms with van der Waals surface area (Å²) in [5.74, 6) is 1.12. The molecule has 2 aromatic carbocycles. The van der Waals surface area contributed by atoms with Crippen LogP contribution in [0.3, 0.4) is 0 Å². The zero-order valence-electron chi connectivity index (χ0n) is 17.7. The smallest absolute Gasteiger partial charge is 0.387 e. The van der Waals surface area contributed by atoms with Crippen LogP contribution >= 0.6 is 0 Å². The molecule has 32 heavy (non-hydrogen) atoms. The Bertz CT molecular complexity index is 926. The van der Waals surface area contributed by atoms with Crippen LogP contribution < -0.4 is 30.2 Å². The molecule has 172 valence electrons. The first-order valence-electron chi connectivity index (χ1n) is 10.2. The maximum atomic E-state index is 12.8. The Balaban J connectivity index is 1.55. The summed E-state index contributed by atoms with van der Waals surface area (Å²) in [5, 5.41) is 8.98. The lowest BCUT2D eigenvalue weighted by Crippen LogP contribution is -2.39. The van der Waals surface area contributed by atoms with Crippen LogP contribution in [0.25, 0.3) is 0 Å². The Morgan fingerprint density at radius 2 is 1.88 bits per heavy atom. The van der Waals surface area contributed by atoms with E-state index >= 15 is 0 Å². The molecule has 2 aromatic rings. The van der Waals surface area contributed by atoms with Crippen molar-refractivity contribution in [3.63, 3.8) is 0 Å². The van der Waals surface area contributed by atoms with E-state index in [2.05, 4.69) is 25.7 Å². The number of hydrogen-bond donors (Lipinski definition) is 3. The van der Waals surface area contributed by atoms with Gasteiger partial charge in [0.2, 0.25) is 12.7 Å². The third kappa shape index (κ3) is 7.00. The molecule has 0 aliphatic carbocycles. The second-order valence-corrected chi connectivity index (χ2v) is 6.83. The minimum Gasteiger partial charge on any atom is -0.454 e. The number of guanidine groups is 1. The van der Waals surface area contributed by atoms with Crippen LogP contribution in [-0.4, -0.2) is 38.4 Å². The van der Waals surface area contributed by atoms with E-state index in [1.54, 1.807) is 6.07 Å². The van der Waals surface area contributed by atoms with Gasteiger partial charge in [-0.3, -0.25) is 4.79 Å². The number of aliphatic imine (C=N–C) groups is 1. The van der Waals surface area contributed by atoms with Gasteiger partial charge in [0, 0.05) is 37.7 Å². The number of nitrogens with zero attached hydrogens (tertiary/aromatic N) is 1. The topological polar surface area (TPSA) is 93.2 Å². The molecule has 8 nitrogen and oxygen atoms in total. The number of fused-ring (bicyclic) bond motifs is 1. The SMILES string of the molecule is CCNC(=NCc1cc2c(cc1OC(F)F)OCO2)NCCC(=O)NCc1ccccc1. The van der Waals surface area contributed by atoms with Crippen molar-refractivity contribution in [2.45, 2.75) is 33.0 Å². The van der Waals surface area contributed by atoms with E-state index in [9.17, 15) is 13.6 Å². The molecule has 1 amide bonds. The molecule has 0 radical (unpaired) electrons. The fourth-order valence-corrected chi connectivity index (χ4v) is 2.98. The molecule has 3 rings (SSSR count). The van der Waals surface area contributed by atoms with Crippen molar-refractivity contribution in [3.8, 4) is 17.2 Å². The van der Waals surface area contributed by atoms with E-state index in [1.807, 2.05) is 37.3 Å². The molecule has 0 fully saturated rings. The maximum Gasteiger partial charge on any atom is 0.387 e. The van der Waals surface area contributed by atoms with E-state index in [4.69, 9.17) is 9.47 Å². The van der Waals surface area contributed by atoms with Gasteiger partial charge >= 0.3 is 6.61 Å². The molecule has 0 bridgehead atoms. The lowest BCUT2D eigenvalue weighted by molar-refractivity contribution is -0.121. The molecule has 10 heteroatoms. The van der Waals surface area contributed by atoms with Gasteiger partial charge in [0.25, 0.3) is 0 Å². The molecule has 0 aromatic heterocycles. The predicted molar refractivity (Wildman–Crippen MR) is 115 cm³/mol. The van der Waals surface area contributed by atoms with E-state index in [1.165, 1.54) is 6.07 Å². The highest BCUT2D eigenvalue weighted by Gasteiger charge is 2.20. The predicted octanol–water partition coefficient (Wildman–Crippen LogP) is 2.78. The van der Waals surface area contributed by atoms with Crippen LogP contribution in [0.2, 0.25) is 0 Å². The molecule has 0 saturated heterocycles. The Hall–Kier alpha value is -3.56. The van der Waals surface area contributed by atoms with Crippen molar-refractivity contribution in [3.05, 3.63) is 53.6 Å². The molecule has 1 aliphatic heterocycles. The number of benzene rings is 2. The van der Waals surface area contributed by atoms with Crippen LogP contribution in [0, 0.1) is 0 Å². The van der Waals surface area contributed by atoms with Crippen LogP contribution in [0.15, 0.2) is 47.5 Å². The van der Waals surface area contributed by atoms with E-state index in [0.29, 0.717) is 42.7 Å². The molecular formula is C22H26F2N4O4. The largest absolute Gasteiger partial charge is 0.454 e. The normalized spacial score (nSPS) is 12.6. The highest BCUT2D eigenvalue weighted by atomic mass is 19.3. The van der Waals surface area contributed by atoms with Gasteiger partial charge in [-0.2, -0.15) is 8.78 Å². The number of halogens is 2. The number of rotatable bonds is 10. The average molecular weight is 448 g/mol. The Morgan fingerprint density at radius 1 is 1.12 bits per heavy atom. The number of hydrogen-bond acceptors (Lipinski definition) is 5. The lowest BCUT2D eigenvalue weighted by Gasteiger charge is -2.13. The van der Waals surface area contributed by atoms with Crippen molar-refractivity contribution in [2.75, 3.05) is 19.9 Å². The standard InChI is InChI=1S/C22H26F2N4O4/c1-2-25-22(26-9-8-20(29)27-12-15-6-4-3-5-7-15)28-13-16-10-18-19(31-14-30-18)11-17(16)32-21(23)24/h3-7,10-11,21H,2,8-9,12-14H2,1H3,(H,27,29)(H2,25,26,28). The summed E-state index contributed by atoms with van der Waals surface area (Å²) in [7, 11) is 0. The number of carbonyl (C=O) groups is 1. The summed E-state index contributed by atoms with van der Waals surface area (Å²) >= 11 is 0. The monoisotopic (exact) mass is 448 g/mol. The minimum atomic E-state index is -2.97. The molecule has 1 aliphatic rings. The maximum absolute atomic E-state index is 12.8. The summed E-state index contributed by atoms with van der Waals surface area (Å²) in [5.41, 5.74) is 1.45. The van der Waals surface area contributed by atoms with E-state index < -0.39 is 6.61 Å². The number of ether oxygens (including phenoxy) is 3. The van der Waals surface area contributed by atoms with Crippen LogP contribution in [0.5, 0.6) is 17.2 Å². The third-order valence-corrected chi connectivity index (χ3v) is 4.50. The third-order valence-electron chi connectivity index (χ3n) is 4.50. The zero-order chi connectivity index (χ0) is 22.8. The van der Waals surface area contributed by atoms with Gasteiger partial charge in [-0.1, -0.05) is 30.3 Å². The van der Waals surface area contributed by atoms with Crippen molar-refractivity contribution in [2.24, 2.45) is 4.99 Å². The van der Waals surface area contributed by atoms with Crippen molar-refractivity contribution in [1.29, 1.82) is 0 Å². The van der Waals surface area contributed by atoms with Gasteiger partial charge < -0.3 is 30.2 Å². The summed E-state index contributed by atoms with van der Waals surface area (Å²) in [6, 6.07) is 12.6. The second kappa shape index (κ2) is 11.7. The molecule has 0 spiro atoms. The second-order valence-electron chi connectivity index (χ2n) is 6.83. The number of alkyl halides is 2. The minimum absolute atomic E-state index is 0.0205. The first kappa shape index (κ1) is 23.1. The van der Waals surface area contributed by atoms with Crippen LogP contribution in [-0.2, 0) is 17.9 Å². The van der Waals surface area contributed by atoms with Crippen LogP contribution in [0.1, 0.15) is 24.5 Å². The highest BCUT2D eigenvalue weighted by molar-refractivity contribution is 5.81. The van der Waals surface area contributed by atoms with E-state index in [-0.39, 0.29) is 31.4 Å².